The lowest BCUT2D eigenvalue weighted by Gasteiger charge is -2.32. The molecular weight excluding hydrogens is 384 g/mol. The van der Waals surface area contributed by atoms with Crippen LogP contribution in [0.4, 0.5) is 0 Å². The zero-order valence-electron chi connectivity index (χ0n) is 13.7. The van der Waals surface area contributed by atoms with Crippen molar-refractivity contribution in [2.75, 3.05) is 33.9 Å². The number of hydrogen-bond acceptors (Lipinski definition) is 4. The fourth-order valence-electron chi connectivity index (χ4n) is 2.71. The summed E-state index contributed by atoms with van der Waals surface area (Å²) in [5.41, 5.74) is 0.615. The standard InChI is InChI=1S/C16H23BrN2O3.ClH/c1-4-22-15-13(17)8-11(9-14(15)21-3)16(20)19-7-5-6-12(10-19)18-2;/h8-9,12,18H,4-7,10H2,1-3H3;1H. The van der Waals surface area contributed by atoms with Crippen molar-refractivity contribution in [2.45, 2.75) is 25.8 Å². The average Bonchev–Trinajstić information content (AvgIpc) is 2.55. The summed E-state index contributed by atoms with van der Waals surface area (Å²) in [7, 11) is 3.52. The summed E-state index contributed by atoms with van der Waals surface area (Å²) in [6, 6.07) is 3.92. The largest absolute Gasteiger partial charge is 0.493 e. The van der Waals surface area contributed by atoms with E-state index in [1.54, 1.807) is 19.2 Å². The number of likely N-dealkylation sites (N-methyl/N-ethyl adjacent to an activating group) is 1. The molecule has 0 radical (unpaired) electrons. The third-order valence-corrected chi connectivity index (χ3v) is 4.47. The number of carbonyl (C=O) groups excluding carboxylic acids is 1. The van der Waals surface area contributed by atoms with Crippen LogP contribution in [0.5, 0.6) is 11.5 Å². The first-order chi connectivity index (χ1) is 10.6. The van der Waals surface area contributed by atoms with Gasteiger partial charge in [-0.1, -0.05) is 0 Å². The Kier molecular flexibility index (Phi) is 8.16. The Bertz CT molecular complexity index is 542. The lowest BCUT2D eigenvalue weighted by Crippen LogP contribution is -2.46. The molecule has 0 saturated carbocycles. The maximum absolute atomic E-state index is 12.7. The first kappa shape index (κ1) is 20.1. The van der Waals surface area contributed by atoms with Crippen LogP contribution < -0.4 is 14.8 Å². The van der Waals surface area contributed by atoms with Crippen LogP contribution in [0.3, 0.4) is 0 Å². The predicted molar refractivity (Wildman–Crippen MR) is 97.1 cm³/mol. The lowest BCUT2D eigenvalue weighted by atomic mass is 10.0. The molecule has 130 valence electrons. The molecule has 1 aromatic rings. The quantitative estimate of drug-likeness (QED) is 0.815. The fraction of sp³-hybridized carbons (Fsp3) is 0.562. The Balaban J connectivity index is 0.00000264. The molecule has 5 nitrogen and oxygen atoms in total. The van der Waals surface area contributed by atoms with Gasteiger partial charge in [0.1, 0.15) is 0 Å². The van der Waals surface area contributed by atoms with Gasteiger partial charge < -0.3 is 19.7 Å². The van der Waals surface area contributed by atoms with Crippen molar-refractivity contribution in [1.82, 2.24) is 10.2 Å². The number of methoxy groups -OCH3 is 1. The molecule has 1 aromatic carbocycles. The molecule has 7 heteroatoms. The van der Waals surface area contributed by atoms with E-state index in [1.165, 1.54) is 0 Å². The average molecular weight is 408 g/mol. The number of ether oxygens (including phenoxy) is 2. The fourth-order valence-corrected chi connectivity index (χ4v) is 3.26. The van der Waals surface area contributed by atoms with Crippen LogP contribution in [0.15, 0.2) is 16.6 Å². The molecule has 1 aliphatic heterocycles. The van der Waals surface area contributed by atoms with E-state index in [2.05, 4.69) is 21.2 Å². The van der Waals surface area contributed by atoms with Gasteiger partial charge in [-0.3, -0.25) is 4.79 Å². The van der Waals surface area contributed by atoms with Crippen molar-refractivity contribution in [1.29, 1.82) is 0 Å². The van der Waals surface area contributed by atoms with E-state index in [-0.39, 0.29) is 18.3 Å². The Morgan fingerprint density at radius 2 is 2.22 bits per heavy atom. The molecule has 1 aliphatic rings. The Morgan fingerprint density at radius 3 is 2.83 bits per heavy atom. The zero-order valence-corrected chi connectivity index (χ0v) is 16.1. The number of rotatable bonds is 5. The maximum atomic E-state index is 12.7. The monoisotopic (exact) mass is 406 g/mol. The van der Waals surface area contributed by atoms with Crippen molar-refractivity contribution in [3.8, 4) is 11.5 Å². The SMILES string of the molecule is CCOc1c(Br)cc(C(=O)N2CCCC(NC)C2)cc1OC.Cl. The van der Waals surface area contributed by atoms with Gasteiger partial charge in [0.05, 0.1) is 18.2 Å². The number of nitrogens with zero attached hydrogens (tertiary/aromatic N) is 1. The predicted octanol–water partition coefficient (Wildman–Crippen LogP) is 3.10. The minimum absolute atomic E-state index is 0. The summed E-state index contributed by atoms with van der Waals surface area (Å²) in [4.78, 5) is 14.6. The second kappa shape index (κ2) is 9.35. The van der Waals surface area contributed by atoms with Crippen molar-refractivity contribution in [2.24, 2.45) is 0 Å². The summed E-state index contributed by atoms with van der Waals surface area (Å²) in [5, 5.41) is 3.25. The zero-order chi connectivity index (χ0) is 16.1. The molecule has 0 spiro atoms. The van der Waals surface area contributed by atoms with Gasteiger partial charge in [-0.25, -0.2) is 0 Å². The Labute approximate surface area is 152 Å². The maximum Gasteiger partial charge on any atom is 0.254 e. The molecule has 1 fully saturated rings. The number of nitrogens with one attached hydrogen (secondary N) is 1. The molecule has 0 bridgehead atoms. The number of likely N-dealkylation sites (tertiary alicyclic amines) is 1. The number of piperidine rings is 1. The molecule has 0 aliphatic carbocycles. The van der Waals surface area contributed by atoms with Gasteiger partial charge in [0.25, 0.3) is 5.91 Å². The molecule has 1 atom stereocenters. The van der Waals surface area contributed by atoms with Gasteiger partial charge in [0.15, 0.2) is 11.5 Å². The van der Waals surface area contributed by atoms with Gasteiger partial charge >= 0.3 is 0 Å². The van der Waals surface area contributed by atoms with Crippen LogP contribution in [-0.2, 0) is 0 Å². The van der Waals surface area contributed by atoms with Gasteiger partial charge in [-0.2, -0.15) is 0 Å². The molecule has 1 saturated heterocycles. The molecule has 1 heterocycles. The summed E-state index contributed by atoms with van der Waals surface area (Å²) >= 11 is 3.47. The second-order valence-corrected chi connectivity index (χ2v) is 6.16. The third-order valence-electron chi connectivity index (χ3n) is 3.88. The minimum Gasteiger partial charge on any atom is -0.493 e. The third kappa shape index (κ3) is 4.75. The highest BCUT2D eigenvalue weighted by Crippen LogP contribution is 2.37. The van der Waals surface area contributed by atoms with Gasteiger partial charge in [-0.05, 0) is 54.9 Å². The Hall–Kier alpha value is -0.980. The lowest BCUT2D eigenvalue weighted by molar-refractivity contribution is 0.0697. The van der Waals surface area contributed by atoms with Crippen molar-refractivity contribution in [3.05, 3.63) is 22.2 Å². The normalized spacial score (nSPS) is 17.4. The molecule has 1 unspecified atom stereocenters. The molecule has 0 aromatic heterocycles. The highest BCUT2D eigenvalue weighted by Gasteiger charge is 2.25. The van der Waals surface area contributed by atoms with E-state index in [9.17, 15) is 4.79 Å². The van der Waals surface area contributed by atoms with Crippen LogP contribution in [-0.4, -0.2) is 50.7 Å². The van der Waals surface area contributed by atoms with E-state index in [1.807, 2.05) is 18.9 Å². The summed E-state index contributed by atoms with van der Waals surface area (Å²) in [6.07, 6.45) is 2.13. The molecule has 1 N–H and O–H groups in total. The molecular formula is C16H24BrClN2O3. The molecule has 1 amide bonds. The van der Waals surface area contributed by atoms with E-state index in [4.69, 9.17) is 9.47 Å². The highest BCUT2D eigenvalue weighted by molar-refractivity contribution is 9.10. The van der Waals surface area contributed by atoms with Gasteiger partial charge in [-0.15, -0.1) is 12.4 Å². The van der Waals surface area contributed by atoms with Crippen LogP contribution in [0.25, 0.3) is 0 Å². The Morgan fingerprint density at radius 1 is 1.48 bits per heavy atom. The topological polar surface area (TPSA) is 50.8 Å². The second-order valence-electron chi connectivity index (χ2n) is 5.30. The minimum atomic E-state index is 0. The molecule has 2 rings (SSSR count). The first-order valence-electron chi connectivity index (χ1n) is 7.57. The van der Waals surface area contributed by atoms with Gasteiger partial charge in [0.2, 0.25) is 0 Å². The smallest absolute Gasteiger partial charge is 0.254 e. The van der Waals surface area contributed by atoms with Gasteiger partial charge in [0, 0.05) is 24.7 Å². The number of hydrogen-bond donors (Lipinski definition) is 1. The van der Waals surface area contributed by atoms with Crippen molar-refractivity contribution < 1.29 is 14.3 Å². The van der Waals surface area contributed by atoms with Crippen LogP contribution >= 0.6 is 28.3 Å². The van der Waals surface area contributed by atoms with Crippen molar-refractivity contribution >= 4 is 34.2 Å². The number of halogens is 2. The number of amides is 1. The van der Waals surface area contributed by atoms with Crippen molar-refractivity contribution in [3.63, 3.8) is 0 Å². The summed E-state index contributed by atoms with van der Waals surface area (Å²) in [6.45, 7) is 3.99. The van der Waals surface area contributed by atoms with E-state index in [0.717, 1.165) is 30.4 Å². The summed E-state index contributed by atoms with van der Waals surface area (Å²) in [5.74, 6) is 1.23. The highest BCUT2D eigenvalue weighted by atomic mass is 79.9. The van der Waals surface area contributed by atoms with Crippen LogP contribution in [0, 0.1) is 0 Å². The summed E-state index contributed by atoms with van der Waals surface area (Å²) < 4.78 is 11.7. The molecule has 23 heavy (non-hydrogen) atoms. The van der Waals surface area contributed by atoms with Crippen LogP contribution in [0.2, 0.25) is 0 Å². The first-order valence-corrected chi connectivity index (χ1v) is 8.36. The van der Waals surface area contributed by atoms with Crippen LogP contribution in [0.1, 0.15) is 30.1 Å². The van der Waals surface area contributed by atoms with E-state index < -0.39 is 0 Å². The van der Waals surface area contributed by atoms with E-state index >= 15 is 0 Å². The van der Waals surface area contributed by atoms with E-state index in [0.29, 0.717) is 29.7 Å². The number of benzene rings is 1. The number of carbonyl (C=O) groups is 1.